The van der Waals surface area contributed by atoms with Gasteiger partial charge in [-0.2, -0.15) is 0 Å². The smallest absolute Gasteiger partial charge is 0.225 e. The number of aryl methyl sites for hydroxylation is 1. The highest BCUT2D eigenvalue weighted by Gasteiger charge is 2.32. The number of thiazole rings is 1. The molecule has 2 heterocycles. The van der Waals surface area contributed by atoms with E-state index < -0.39 is 0 Å². The number of nitrogens with zero attached hydrogens (tertiary/aromatic N) is 3. The Morgan fingerprint density at radius 1 is 1.37 bits per heavy atom. The third kappa shape index (κ3) is 6.58. The number of rotatable bonds is 6. The van der Waals surface area contributed by atoms with Crippen molar-refractivity contribution < 1.29 is 4.79 Å². The fraction of sp³-hybridized carbons (Fsp3) is 0.737. The zero-order chi connectivity index (χ0) is 18.4. The van der Waals surface area contributed by atoms with E-state index in [0.717, 1.165) is 68.5 Å². The van der Waals surface area contributed by atoms with Crippen molar-refractivity contribution in [2.45, 2.75) is 58.4 Å². The van der Waals surface area contributed by atoms with E-state index in [4.69, 9.17) is 0 Å². The van der Waals surface area contributed by atoms with Crippen molar-refractivity contribution in [3.05, 3.63) is 16.1 Å². The third-order valence-corrected chi connectivity index (χ3v) is 6.02. The largest absolute Gasteiger partial charge is 0.357 e. The average molecular weight is 505 g/mol. The molecule has 6 nitrogen and oxygen atoms in total. The maximum atomic E-state index is 12.6. The molecule has 1 aliphatic heterocycles. The number of likely N-dealkylation sites (tertiary alicyclic amines) is 1. The molecule has 2 N–H and O–H groups in total. The zero-order valence-electron chi connectivity index (χ0n) is 16.4. The van der Waals surface area contributed by atoms with Gasteiger partial charge in [0.05, 0.1) is 10.7 Å². The van der Waals surface area contributed by atoms with Gasteiger partial charge in [0.15, 0.2) is 5.96 Å². The molecule has 1 unspecified atom stereocenters. The molecule has 2 aliphatic rings. The van der Waals surface area contributed by atoms with Crippen LogP contribution in [0.2, 0.25) is 0 Å². The molecular weight excluding hydrogens is 473 g/mol. The van der Waals surface area contributed by atoms with Gasteiger partial charge in [0.25, 0.3) is 0 Å². The zero-order valence-corrected chi connectivity index (χ0v) is 19.5. The topological polar surface area (TPSA) is 69.6 Å². The van der Waals surface area contributed by atoms with Crippen LogP contribution in [-0.4, -0.2) is 54.0 Å². The minimum atomic E-state index is 0. The maximum absolute atomic E-state index is 12.6. The van der Waals surface area contributed by atoms with Crippen LogP contribution in [-0.2, 0) is 11.2 Å². The molecule has 1 aromatic heterocycles. The van der Waals surface area contributed by atoms with Gasteiger partial charge >= 0.3 is 0 Å². The van der Waals surface area contributed by atoms with E-state index in [1.165, 1.54) is 12.8 Å². The van der Waals surface area contributed by atoms with Crippen molar-refractivity contribution in [1.82, 2.24) is 20.5 Å². The maximum Gasteiger partial charge on any atom is 0.225 e. The van der Waals surface area contributed by atoms with E-state index in [0.29, 0.717) is 11.9 Å². The second-order valence-corrected chi connectivity index (χ2v) is 8.33. The summed E-state index contributed by atoms with van der Waals surface area (Å²) in [6.45, 7) is 7.32. The normalized spacial score (nSPS) is 20.6. The van der Waals surface area contributed by atoms with Crippen molar-refractivity contribution in [3.8, 4) is 0 Å². The molecule has 1 amide bonds. The molecule has 1 saturated heterocycles. The summed E-state index contributed by atoms with van der Waals surface area (Å²) in [5.41, 5.74) is 1.11. The van der Waals surface area contributed by atoms with Crippen LogP contribution < -0.4 is 10.6 Å². The molecule has 0 aromatic carbocycles. The lowest BCUT2D eigenvalue weighted by Crippen LogP contribution is -2.45. The number of hydrogen-bond donors (Lipinski definition) is 2. The summed E-state index contributed by atoms with van der Waals surface area (Å²) in [7, 11) is 0. The van der Waals surface area contributed by atoms with Crippen LogP contribution in [0.1, 0.15) is 49.7 Å². The number of hydrogen-bond acceptors (Lipinski definition) is 4. The second-order valence-electron chi connectivity index (χ2n) is 7.26. The van der Waals surface area contributed by atoms with E-state index in [-0.39, 0.29) is 29.9 Å². The third-order valence-electron chi connectivity index (χ3n) is 5.19. The van der Waals surface area contributed by atoms with Gasteiger partial charge in [-0.15, -0.1) is 35.3 Å². The molecular formula is C19H32IN5OS. The molecule has 0 radical (unpaired) electrons. The van der Waals surface area contributed by atoms with Gasteiger partial charge in [0.1, 0.15) is 0 Å². The van der Waals surface area contributed by atoms with E-state index in [1.807, 2.05) is 6.92 Å². The first-order valence-corrected chi connectivity index (χ1v) is 10.8. The minimum absolute atomic E-state index is 0. The second kappa shape index (κ2) is 11.2. The SMILES string of the molecule is CCNC(=NCCc1csc(C)n1)NC1CCN(C(=O)C2CCCC2)C1.I. The first-order valence-electron chi connectivity index (χ1n) is 9.90. The Balaban J connectivity index is 0.00000261. The molecule has 8 heteroatoms. The lowest BCUT2D eigenvalue weighted by Gasteiger charge is -2.21. The highest BCUT2D eigenvalue weighted by Crippen LogP contribution is 2.27. The average Bonchev–Trinajstić information content (AvgIpc) is 3.36. The lowest BCUT2D eigenvalue weighted by atomic mass is 10.1. The van der Waals surface area contributed by atoms with Crippen molar-refractivity contribution in [1.29, 1.82) is 0 Å². The molecule has 1 aromatic rings. The standard InChI is InChI=1S/C19H31N5OS.HI/c1-3-20-19(21-10-8-17-13-26-14(2)22-17)23-16-9-11-24(12-16)18(25)15-6-4-5-7-15;/h13,15-16H,3-12H2,1-2H3,(H2,20,21,23);1H. The Kier molecular flexibility index (Phi) is 9.28. The monoisotopic (exact) mass is 505 g/mol. The molecule has 3 rings (SSSR count). The van der Waals surface area contributed by atoms with Crippen LogP contribution in [0.4, 0.5) is 0 Å². The highest BCUT2D eigenvalue weighted by atomic mass is 127. The van der Waals surface area contributed by atoms with Gasteiger partial charge in [0, 0.05) is 49.9 Å². The van der Waals surface area contributed by atoms with Crippen molar-refractivity contribution in [2.75, 3.05) is 26.2 Å². The summed E-state index contributed by atoms with van der Waals surface area (Å²) < 4.78 is 0. The van der Waals surface area contributed by atoms with Crippen LogP contribution >= 0.6 is 35.3 Å². The lowest BCUT2D eigenvalue weighted by molar-refractivity contribution is -0.134. The van der Waals surface area contributed by atoms with E-state index >= 15 is 0 Å². The Hall–Kier alpha value is -0.900. The predicted molar refractivity (Wildman–Crippen MR) is 122 cm³/mol. The summed E-state index contributed by atoms with van der Waals surface area (Å²) in [5.74, 6) is 1.49. The Morgan fingerprint density at radius 3 is 2.81 bits per heavy atom. The van der Waals surface area contributed by atoms with Crippen LogP contribution in [0.5, 0.6) is 0 Å². The van der Waals surface area contributed by atoms with Gasteiger partial charge < -0.3 is 15.5 Å². The number of aliphatic imine (C=N–C) groups is 1. The molecule has 1 aliphatic carbocycles. The molecule has 0 spiro atoms. The highest BCUT2D eigenvalue weighted by molar-refractivity contribution is 14.0. The van der Waals surface area contributed by atoms with Gasteiger partial charge in [-0.1, -0.05) is 12.8 Å². The number of carbonyl (C=O) groups is 1. The van der Waals surface area contributed by atoms with Crippen LogP contribution in [0, 0.1) is 12.8 Å². The fourth-order valence-corrected chi connectivity index (χ4v) is 4.48. The molecule has 2 fully saturated rings. The first-order chi connectivity index (χ1) is 12.7. The quantitative estimate of drug-likeness (QED) is 0.355. The summed E-state index contributed by atoms with van der Waals surface area (Å²) in [4.78, 5) is 23.8. The van der Waals surface area contributed by atoms with Crippen molar-refractivity contribution in [3.63, 3.8) is 0 Å². The van der Waals surface area contributed by atoms with Gasteiger partial charge in [0.2, 0.25) is 5.91 Å². The number of aromatic nitrogens is 1. The van der Waals surface area contributed by atoms with Crippen LogP contribution in [0.25, 0.3) is 0 Å². The van der Waals surface area contributed by atoms with Crippen LogP contribution in [0.15, 0.2) is 10.4 Å². The molecule has 27 heavy (non-hydrogen) atoms. The summed E-state index contributed by atoms with van der Waals surface area (Å²) >= 11 is 1.68. The molecule has 1 atom stereocenters. The van der Waals surface area contributed by atoms with Crippen molar-refractivity contribution in [2.24, 2.45) is 10.9 Å². The van der Waals surface area contributed by atoms with E-state index in [1.54, 1.807) is 11.3 Å². The van der Waals surface area contributed by atoms with E-state index in [2.05, 4.69) is 37.8 Å². The van der Waals surface area contributed by atoms with Crippen molar-refractivity contribution >= 4 is 47.2 Å². The fourth-order valence-electron chi connectivity index (χ4n) is 3.83. The number of guanidine groups is 1. The molecule has 0 bridgehead atoms. The summed E-state index contributed by atoms with van der Waals surface area (Å²) in [6.07, 6.45) is 6.43. The summed E-state index contributed by atoms with van der Waals surface area (Å²) in [6, 6.07) is 0.291. The Morgan fingerprint density at radius 2 is 2.15 bits per heavy atom. The molecule has 152 valence electrons. The first kappa shape index (κ1) is 22.4. The number of amides is 1. The molecule has 1 saturated carbocycles. The number of nitrogens with one attached hydrogen (secondary N) is 2. The van der Waals surface area contributed by atoms with Gasteiger partial charge in [-0.3, -0.25) is 9.79 Å². The van der Waals surface area contributed by atoms with Crippen LogP contribution in [0.3, 0.4) is 0 Å². The Labute approximate surface area is 183 Å². The predicted octanol–water partition coefficient (Wildman–Crippen LogP) is 2.96. The Bertz CT molecular complexity index is 629. The number of carbonyl (C=O) groups excluding carboxylic acids is 1. The number of halogens is 1. The van der Waals surface area contributed by atoms with E-state index in [9.17, 15) is 4.79 Å². The minimum Gasteiger partial charge on any atom is -0.357 e. The van der Waals surface area contributed by atoms with Gasteiger partial charge in [-0.25, -0.2) is 4.98 Å². The summed E-state index contributed by atoms with van der Waals surface area (Å²) in [5, 5.41) is 10.0. The van der Waals surface area contributed by atoms with Gasteiger partial charge in [-0.05, 0) is 33.1 Å².